The Kier molecular flexibility index (Phi) is 8.66. The lowest BCUT2D eigenvalue weighted by Crippen LogP contribution is -2.50. The predicted octanol–water partition coefficient (Wildman–Crippen LogP) is 2.87. The molecular formula is C26H28N2O6. The van der Waals surface area contributed by atoms with E-state index in [4.69, 9.17) is 14.6 Å². The highest BCUT2D eigenvalue weighted by atomic mass is 16.5. The Hall–Kier alpha value is -3.83. The van der Waals surface area contributed by atoms with Crippen LogP contribution in [0.15, 0.2) is 48.5 Å². The number of hydrogen-bond donors (Lipinski definition) is 2. The average molecular weight is 465 g/mol. The summed E-state index contributed by atoms with van der Waals surface area (Å²) in [7, 11) is 1.46. The molecule has 2 aromatic carbocycles. The minimum atomic E-state index is -1.16. The molecule has 8 heteroatoms. The van der Waals surface area contributed by atoms with Crippen LogP contribution in [0.25, 0.3) is 11.1 Å². The number of benzene rings is 2. The number of rotatable bonds is 10. The molecule has 1 unspecified atom stereocenters. The summed E-state index contributed by atoms with van der Waals surface area (Å²) >= 11 is 0. The third-order valence-corrected chi connectivity index (χ3v) is 5.62. The Morgan fingerprint density at radius 1 is 1.09 bits per heavy atom. The van der Waals surface area contributed by atoms with Crippen LogP contribution < -0.4 is 5.32 Å². The zero-order chi connectivity index (χ0) is 24.5. The number of nitrogens with one attached hydrogen (secondary N) is 1. The van der Waals surface area contributed by atoms with Crippen molar-refractivity contribution in [2.45, 2.75) is 25.3 Å². The molecule has 3 rings (SSSR count). The number of amides is 2. The van der Waals surface area contributed by atoms with E-state index in [2.05, 4.69) is 17.2 Å². The minimum absolute atomic E-state index is 0.0304. The Balaban J connectivity index is 1.70. The first kappa shape index (κ1) is 24.8. The third-order valence-electron chi connectivity index (χ3n) is 5.62. The highest BCUT2D eigenvalue weighted by molar-refractivity contribution is 5.88. The van der Waals surface area contributed by atoms with E-state index >= 15 is 0 Å². The number of ether oxygens (including phenoxy) is 2. The van der Waals surface area contributed by atoms with Gasteiger partial charge in [0.25, 0.3) is 0 Å². The van der Waals surface area contributed by atoms with Gasteiger partial charge in [-0.15, -0.1) is 11.8 Å². The lowest BCUT2D eigenvalue weighted by molar-refractivity contribution is -0.145. The van der Waals surface area contributed by atoms with Gasteiger partial charge in [-0.2, -0.15) is 0 Å². The summed E-state index contributed by atoms with van der Waals surface area (Å²) in [4.78, 5) is 38.0. The van der Waals surface area contributed by atoms with Gasteiger partial charge in [0.15, 0.2) is 0 Å². The van der Waals surface area contributed by atoms with Crippen molar-refractivity contribution in [2.24, 2.45) is 0 Å². The van der Waals surface area contributed by atoms with E-state index in [1.807, 2.05) is 48.5 Å². The summed E-state index contributed by atoms with van der Waals surface area (Å²) in [6.07, 6.45) is -0.733. The van der Waals surface area contributed by atoms with Crippen molar-refractivity contribution in [1.82, 2.24) is 10.2 Å². The van der Waals surface area contributed by atoms with Crippen molar-refractivity contribution in [2.75, 3.05) is 33.4 Å². The predicted molar refractivity (Wildman–Crippen MR) is 126 cm³/mol. The zero-order valence-electron chi connectivity index (χ0n) is 19.2. The van der Waals surface area contributed by atoms with Gasteiger partial charge in [-0.05, 0) is 29.2 Å². The van der Waals surface area contributed by atoms with Crippen molar-refractivity contribution >= 4 is 18.0 Å². The summed E-state index contributed by atoms with van der Waals surface area (Å²) in [5.74, 6) is 3.63. The molecule has 0 saturated carbocycles. The Morgan fingerprint density at radius 2 is 1.71 bits per heavy atom. The van der Waals surface area contributed by atoms with Crippen molar-refractivity contribution < 1.29 is 29.0 Å². The van der Waals surface area contributed by atoms with E-state index in [1.54, 1.807) is 6.92 Å². The van der Waals surface area contributed by atoms with Crippen LogP contribution in [0.1, 0.15) is 30.4 Å². The second-order valence-corrected chi connectivity index (χ2v) is 7.80. The molecule has 2 aromatic rings. The van der Waals surface area contributed by atoms with Crippen molar-refractivity contribution in [1.29, 1.82) is 0 Å². The SMILES string of the molecule is CC#CCC(NC(=O)OCC1c2ccccc2-c2ccccc21)C(=O)N(CCOC)CC(=O)O. The average Bonchev–Trinajstić information content (AvgIpc) is 3.16. The van der Waals surface area contributed by atoms with Gasteiger partial charge in [-0.3, -0.25) is 9.59 Å². The molecule has 1 aliphatic carbocycles. The molecule has 0 aliphatic heterocycles. The molecule has 8 nitrogen and oxygen atoms in total. The van der Waals surface area contributed by atoms with Crippen LogP contribution in [-0.4, -0.2) is 67.4 Å². The molecular weight excluding hydrogens is 436 g/mol. The molecule has 0 heterocycles. The van der Waals surface area contributed by atoms with Crippen LogP contribution in [-0.2, 0) is 19.1 Å². The fourth-order valence-corrected chi connectivity index (χ4v) is 4.04. The molecule has 0 spiro atoms. The van der Waals surface area contributed by atoms with Crippen molar-refractivity contribution in [3.8, 4) is 23.0 Å². The summed E-state index contributed by atoms with van der Waals surface area (Å²) in [5, 5.41) is 11.7. The normalized spacial score (nSPS) is 12.5. The first-order valence-corrected chi connectivity index (χ1v) is 11.0. The number of carboxylic acids is 1. The smallest absolute Gasteiger partial charge is 0.407 e. The van der Waals surface area contributed by atoms with Crippen LogP contribution >= 0.6 is 0 Å². The molecule has 178 valence electrons. The van der Waals surface area contributed by atoms with Gasteiger partial charge in [0.05, 0.1) is 6.61 Å². The highest BCUT2D eigenvalue weighted by Crippen LogP contribution is 2.44. The first-order chi connectivity index (χ1) is 16.5. The zero-order valence-corrected chi connectivity index (χ0v) is 19.2. The Morgan fingerprint density at radius 3 is 2.26 bits per heavy atom. The van der Waals surface area contributed by atoms with Crippen LogP contribution in [0.2, 0.25) is 0 Å². The Labute approximate surface area is 198 Å². The van der Waals surface area contributed by atoms with E-state index in [0.29, 0.717) is 0 Å². The van der Waals surface area contributed by atoms with E-state index in [1.165, 1.54) is 7.11 Å². The quantitative estimate of drug-likeness (QED) is 0.524. The minimum Gasteiger partial charge on any atom is -0.480 e. The van der Waals surface area contributed by atoms with E-state index in [-0.39, 0.29) is 32.1 Å². The number of hydrogen-bond acceptors (Lipinski definition) is 5. The molecule has 34 heavy (non-hydrogen) atoms. The summed E-state index contributed by atoms with van der Waals surface area (Å²) in [6.45, 7) is 1.45. The van der Waals surface area contributed by atoms with Crippen LogP contribution in [0, 0.1) is 11.8 Å². The van der Waals surface area contributed by atoms with Crippen LogP contribution in [0.4, 0.5) is 4.79 Å². The Bertz CT molecular complexity index is 1060. The van der Waals surface area contributed by atoms with E-state index < -0.39 is 30.6 Å². The maximum atomic E-state index is 13.0. The van der Waals surface area contributed by atoms with Crippen molar-refractivity contribution in [3.05, 3.63) is 59.7 Å². The summed E-state index contributed by atoms with van der Waals surface area (Å²) < 4.78 is 10.5. The number of fused-ring (bicyclic) bond motifs is 3. The highest BCUT2D eigenvalue weighted by Gasteiger charge is 2.31. The van der Waals surface area contributed by atoms with Gasteiger partial charge in [-0.1, -0.05) is 48.5 Å². The van der Waals surface area contributed by atoms with Gasteiger partial charge in [-0.25, -0.2) is 4.79 Å². The third kappa shape index (κ3) is 5.94. The number of carboxylic acid groups (broad SMARTS) is 1. The van der Waals surface area contributed by atoms with Gasteiger partial charge in [0.2, 0.25) is 5.91 Å². The lowest BCUT2D eigenvalue weighted by Gasteiger charge is -2.25. The lowest BCUT2D eigenvalue weighted by atomic mass is 9.98. The molecule has 1 aliphatic rings. The molecule has 2 N–H and O–H groups in total. The molecule has 0 bridgehead atoms. The number of carbonyl (C=O) groups is 3. The monoisotopic (exact) mass is 464 g/mol. The number of carbonyl (C=O) groups excluding carboxylic acids is 2. The maximum absolute atomic E-state index is 13.0. The molecule has 2 amide bonds. The van der Waals surface area contributed by atoms with Gasteiger partial charge in [0.1, 0.15) is 19.2 Å². The fraction of sp³-hybridized carbons (Fsp3) is 0.346. The van der Waals surface area contributed by atoms with Crippen molar-refractivity contribution in [3.63, 3.8) is 0 Å². The van der Waals surface area contributed by atoms with Gasteiger partial charge >= 0.3 is 12.1 Å². The molecule has 0 saturated heterocycles. The largest absolute Gasteiger partial charge is 0.480 e. The number of aliphatic carboxylic acids is 1. The second-order valence-electron chi connectivity index (χ2n) is 7.80. The van der Waals surface area contributed by atoms with Gasteiger partial charge in [0, 0.05) is 26.0 Å². The number of nitrogens with zero attached hydrogens (tertiary/aromatic N) is 1. The number of alkyl carbamates (subject to hydrolysis) is 1. The second kappa shape index (κ2) is 11.9. The topological polar surface area (TPSA) is 105 Å². The molecule has 1 atom stereocenters. The van der Waals surface area contributed by atoms with Gasteiger partial charge < -0.3 is 24.8 Å². The van der Waals surface area contributed by atoms with Crippen LogP contribution in [0.5, 0.6) is 0 Å². The standard InChI is InChI=1S/C26H28N2O6/c1-3-4-13-23(25(31)28(14-15-33-2)16-24(29)30)27-26(32)34-17-22-20-11-7-5-9-18(20)19-10-6-8-12-21(19)22/h5-12,22-23H,13-17H2,1-2H3,(H,27,32)(H,29,30). The van der Waals surface area contributed by atoms with Crippen LogP contribution in [0.3, 0.4) is 0 Å². The maximum Gasteiger partial charge on any atom is 0.407 e. The van der Waals surface area contributed by atoms with E-state index in [0.717, 1.165) is 27.2 Å². The summed E-state index contributed by atoms with van der Waals surface area (Å²) in [6, 6.07) is 14.9. The molecule has 0 fully saturated rings. The first-order valence-electron chi connectivity index (χ1n) is 11.0. The number of methoxy groups -OCH3 is 1. The molecule has 0 radical (unpaired) electrons. The fourth-order valence-electron chi connectivity index (χ4n) is 4.04. The summed E-state index contributed by atoms with van der Waals surface area (Å²) in [5.41, 5.74) is 4.38. The van der Waals surface area contributed by atoms with E-state index in [9.17, 15) is 14.4 Å². The molecule has 0 aromatic heterocycles.